The summed E-state index contributed by atoms with van der Waals surface area (Å²) in [4.78, 5) is 21.0. The molecule has 1 amide bonds. The molecule has 1 aromatic heterocycles. The Balaban J connectivity index is 1.67. The number of methoxy groups -OCH3 is 3. The van der Waals surface area contributed by atoms with Crippen LogP contribution in [0.15, 0.2) is 59.9 Å². The average Bonchev–Trinajstić information content (AvgIpc) is 2.78. The van der Waals surface area contributed by atoms with Crippen LogP contribution in [0, 0.1) is 0 Å². The van der Waals surface area contributed by atoms with Crippen LogP contribution in [0.3, 0.4) is 0 Å². The smallest absolute Gasteiger partial charge is 0.252 e. The highest BCUT2D eigenvalue weighted by atomic mass is 32.2. The Bertz CT molecular complexity index is 976. The highest BCUT2D eigenvalue weighted by Crippen LogP contribution is 2.40. The molecule has 156 valence electrons. The van der Waals surface area contributed by atoms with Gasteiger partial charge in [0.2, 0.25) is 11.7 Å². The zero-order chi connectivity index (χ0) is 21.3. The lowest BCUT2D eigenvalue weighted by Crippen LogP contribution is -2.14. The quantitative estimate of drug-likeness (QED) is 0.512. The van der Waals surface area contributed by atoms with E-state index >= 15 is 0 Å². The zero-order valence-electron chi connectivity index (χ0n) is 16.7. The Morgan fingerprint density at radius 2 is 1.63 bits per heavy atom. The number of thioether (sulfide) groups is 1. The van der Waals surface area contributed by atoms with E-state index in [4.69, 9.17) is 18.9 Å². The van der Waals surface area contributed by atoms with Gasteiger partial charge in [0.15, 0.2) is 16.5 Å². The van der Waals surface area contributed by atoms with Crippen LogP contribution in [0.5, 0.6) is 28.9 Å². The van der Waals surface area contributed by atoms with Gasteiger partial charge in [0.25, 0.3) is 5.88 Å². The van der Waals surface area contributed by atoms with Gasteiger partial charge in [-0.3, -0.25) is 4.79 Å². The fourth-order valence-electron chi connectivity index (χ4n) is 2.57. The molecule has 0 aliphatic heterocycles. The number of nitrogens with one attached hydrogen (secondary N) is 1. The van der Waals surface area contributed by atoms with Crippen LogP contribution < -0.4 is 24.3 Å². The van der Waals surface area contributed by atoms with E-state index < -0.39 is 0 Å². The maximum absolute atomic E-state index is 12.5. The normalized spacial score (nSPS) is 10.2. The molecule has 1 N–H and O–H groups in total. The molecule has 8 nitrogen and oxygen atoms in total. The molecule has 0 fully saturated rings. The van der Waals surface area contributed by atoms with Gasteiger partial charge in [0, 0.05) is 30.2 Å². The van der Waals surface area contributed by atoms with E-state index in [1.807, 2.05) is 30.3 Å². The van der Waals surface area contributed by atoms with Crippen molar-refractivity contribution < 1.29 is 23.7 Å². The lowest BCUT2D eigenvalue weighted by molar-refractivity contribution is -0.113. The highest BCUT2D eigenvalue weighted by molar-refractivity contribution is 8.00. The standard InChI is InChI=1S/C21H21N3O5S/c1-26-16-11-14(12-17(27-2)19(16)28-3)24-18(25)13-30-21-20(22-9-10-23-21)29-15-7-5-4-6-8-15/h4-12H,13H2,1-3H3,(H,24,25). The summed E-state index contributed by atoms with van der Waals surface area (Å²) in [5, 5.41) is 3.33. The molecule has 0 saturated carbocycles. The number of carbonyl (C=O) groups is 1. The number of ether oxygens (including phenoxy) is 4. The van der Waals surface area contributed by atoms with Gasteiger partial charge in [-0.1, -0.05) is 30.0 Å². The first-order valence-corrected chi connectivity index (χ1v) is 9.89. The molecule has 0 spiro atoms. The van der Waals surface area contributed by atoms with E-state index in [9.17, 15) is 4.79 Å². The molecule has 0 unspecified atom stereocenters. The van der Waals surface area contributed by atoms with Crippen LogP contribution in [0.25, 0.3) is 0 Å². The lowest BCUT2D eigenvalue weighted by Gasteiger charge is -2.14. The molecule has 2 aromatic carbocycles. The minimum absolute atomic E-state index is 0.112. The number of aromatic nitrogens is 2. The monoisotopic (exact) mass is 427 g/mol. The third-order valence-electron chi connectivity index (χ3n) is 3.88. The first-order chi connectivity index (χ1) is 14.6. The predicted molar refractivity (Wildman–Crippen MR) is 114 cm³/mol. The van der Waals surface area contributed by atoms with Gasteiger partial charge < -0.3 is 24.3 Å². The van der Waals surface area contributed by atoms with Crippen molar-refractivity contribution >= 4 is 23.4 Å². The number of hydrogen-bond donors (Lipinski definition) is 1. The van der Waals surface area contributed by atoms with E-state index in [1.54, 1.807) is 18.3 Å². The Labute approximate surface area is 178 Å². The minimum Gasteiger partial charge on any atom is -0.493 e. The van der Waals surface area contributed by atoms with Crippen LogP contribution in [-0.2, 0) is 4.79 Å². The first-order valence-electron chi connectivity index (χ1n) is 8.91. The number of benzene rings is 2. The average molecular weight is 427 g/mol. The number of hydrogen-bond acceptors (Lipinski definition) is 8. The molecule has 3 rings (SSSR count). The number of anilines is 1. The van der Waals surface area contributed by atoms with Crippen LogP contribution in [0.2, 0.25) is 0 Å². The van der Waals surface area contributed by atoms with E-state index in [1.165, 1.54) is 39.3 Å². The maximum Gasteiger partial charge on any atom is 0.252 e. The summed E-state index contributed by atoms with van der Waals surface area (Å²) in [5.41, 5.74) is 0.523. The van der Waals surface area contributed by atoms with Crippen LogP contribution in [0.1, 0.15) is 0 Å². The second-order valence-electron chi connectivity index (χ2n) is 5.83. The van der Waals surface area contributed by atoms with Crippen molar-refractivity contribution in [2.45, 2.75) is 5.03 Å². The van der Waals surface area contributed by atoms with Gasteiger partial charge in [0.1, 0.15) is 5.75 Å². The van der Waals surface area contributed by atoms with Crippen LogP contribution in [0.4, 0.5) is 5.69 Å². The van der Waals surface area contributed by atoms with Gasteiger partial charge in [-0.2, -0.15) is 0 Å². The summed E-state index contributed by atoms with van der Waals surface area (Å²) < 4.78 is 21.7. The lowest BCUT2D eigenvalue weighted by atomic mass is 10.2. The molecular formula is C21H21N3O5S. The number of nitrogens with zero attached hydrogens (tertiary/aromatic N) is 2. The molecule has 0 aliphatic rings. The third kappa shape index (κ3) is 5.32. The van der Waals surface area contributed by atoms with Crippen molar-refractivity contribution in [3.05, 3.63) is 54.9 Å². The SMILES string of the molecule is COc1cc(NC(=O)CSc2nccnc2Oc2ccccc2)cc(OC)c1OC. The number of amides is 1. The van der Waals surface area contributed by atoms with Crippen LogP contribution >= 0.6 is 11.8 Å². The number of carbonyl (C=O) groups excluding carboxylic acids is 1. The summed E-state index contributed by atoms with van der Waals surface area (Å²) in [6.45, 7) is 0. The Hall–Kier alpha value is -3.46. The highest BCUT2D eigenvalue weighted by Gasteiger charge is 2.16. The van der Waals surface area contributed by atoms with Crippen molar-refractivity contribution in [2.75, 3.05) is 32.4 Å². The Kier molecular flexibility index (Phi) is 7.34. The molecular weight excluding hydrogens is 406 g/mol. The van der Waals surface area contributed by atoms with E-state index in [2.05, 4.69) is 15.3 Å². The van der Waals surface area contributed by atoms with E-state index in [0.717, 1.165) is 0 Å². The van der Waals surface area contributed by atoms with Crippen molar-refractivity contribution in [2.24, 2.45) is 0 Å². The Morgan fingerprint density at radius 3 is 2.27 bits per heavy atom. The second-order valence-corrected chi connectivity index (χ2v) is 6.80. The van der Waals surface area contributed by atoms with Gasteiger partial charge >= 0.3 is 0 Å². The fourth-order valence-corrected chi connectivity index (χ4v) is 3.26. The third-order valence-corrected chi connectivity index (χ3v) is 4.84. The largest absolute Gasteiger partial charge is 0.493 e. The van der Waals surface area contributed by atoms with Gasteiger partial charge in [0.05, 0.1) is 27.1 Å². The summed E-state index contributed by atoms with van der Waals surface area (Å²) in [5.74, 6) is 2.22. The molecule has 1 heterocycles. The van der Waals surface area contributed by atoms with E-state index in [0.29, 0.717) is 39.6 Å². The summed E-state index contributed by atoms with van der Waals surface area (Å²) in [7, 11) is 4.55. The van der Waals surface area contributed by atoms with E-state index in [-0.39, 0.29) is 11.7 Å². The topological polar surface area (TPSA) is 91.8 Å². The van der Waals surface area contributed by atoms with Gasteiger partial charge in [-0.25, -0.2) is 9.97 Å². The molecule has 3 aromatic rings. The molecule has 0 aliphatic carbocycles. The predicted octanol–water partition coefficient (Wildman–Crippen LogP) is 4.03. The summed E-state index contributed by atoms with van der Waals surface area (Å²) in [6.07, 6.45) is 3.09. The summed E-state index contributed by atoms with van der Waals surface area (Å²) >= 11 is 1.22. The second kappa shape index (κ2) is 10.4. The van der Waals surface area contributed by atoms with Crippen molar-refractivity contribution in [3.63, 3.8) is 0 Å². The van der Waals surface area contributed by atoms with Gasteiger partial charge in [-0.05, 0) is 12.1 Å². The fraction of sp³-hybridized carbons (Fsp3) is 0.190. The first kappa shape index (κ1) is 21.3. The molecule has 0 bridgehead atoms. The van der Waals surface area contributed by atoms with Crippen molar-refractivity contribution in [3.8, 4) is 28.9 Å². The Morgan fingerprint density at radius 1 is 0.967 bits per heavy atom. The van der Waals surface area contributed by atoms with Crippen LogP contribution in [-0.4, -0.2) is 43.0 Å². The molecule has 0 atom stereocenters. The molecule has 9 heteroatoms. The molecule has 0 radical (unpaired) electrons. The summed E-state index contributed by atoms with van der Waals surface area (Å²) in [6, 6.07) is 12.6. The van der Waals surface area contributed by atoms with Gasteiger partial charge in [-0.15, -0.1) is 0 Å². The minimum atomic E-state index is -0.231. The zero-order valence-corrected chi connectivity index (χ0v) is 17.6. The maximum atomic E-state index is 12.5. The number of rotatable bonds is 9. The molecule has 0 saturated heterocycles. The molecule has 30 heavy (non-hydrogen) atoms. The van der Waals surface area contributed by atoms with Crippen molar-refractivity contribution in [1.82, 2.24) is 9.97 Å². The van der Waals surface area contributed by atoms with Crippen molar-refractivity contribution in [1.29, 1.82) is 0 Å². The number of para-hydroxylation sites is 1.